The molecule has 2 saturated heterocycles. The van der Waals surface area contributed by atoms with Crippen molar-refractivity contribution in [2.45, 2.75) is 49.9 Å². The van der Waals surface area contributed by atoms with Crippen LogP contribution < -0.4 is 10.6 Å². The van der Waals surface area contributed by atoms with Gasteiger partial charge in [-0.3, -0.25) is 9.59 Å². The van der Waals surface area contributed by atoms with Gasteiger partial charge in [0.15, 0.2) is 23.3 Å². The van der Waals surface area contributed by atoms with Crippen molar-refractivity contribution in [2.24, 2.45) is 0 Å². The molecule has 0 bridgehead atoms. The highest BCUT2D eigenvalue weighted by Gasteiger charge is 2.39. The number of ether oxygens (including phenoxy) is 2. The summed E-state index contributed by atoms with van der Waals surface area (Å²) in [7, 11) is 2.54. The lowest BCUT2D eigenvalue weighted by Gasteiger charge is -2.28. The van der Waals surface area contributed by atoms with Crippen molar-refractivity contribution in [3.63, 3.8) is 0 Å². The molecular formula is C44H44N10O6. The lowest BCUT2D eigenvalue weighted by Crippen LogP contribution is -2.42. The van der Waals surface area contributed by atoms with Crippen LogP contribution in [0.15, 0.2) is 109 Å². The molecule has 4 aromatic carbocycles. The number of methoxy groups -OCH3 is 2. The lowest BCUT2D eigenvalue weighted by atomic mass is 10.0. The molecule has 2 aromatic heterocycles. The van der Waals surface area contributed by atoms with Crippen LogP contribution in [0.3, 0.4) is 0 Å². The van der Waals surface area contributed by atoms with Crippen LogP contribution in [0, 0.1) is 0 Å². The summed E-state index contributed by atoms with van der Waals surface area (Å²) in [5.74, 6) is 1.82. The first kappa shape index (κ1) is 39.5. The smallest absolute Gasteiger partial charge is 0.407 e. The number of nitrogens with one attached hydrogen (secondary N) is 4. The molecule has 8 rings (SSSR count). The number of aromatic nitrogens is 6. The first-order valence-corrected chi connectivity index (χ1v) is 19.8. The number of hydrogen-bond acceptors (Lipinski definition) is 10. The standard InChI is InChI=1S/C44H44N10O6/c1-59-43(57)45-35(29-11-5-3-6-12-29)41(55)53-25-9-15-33(53)39-47-37(49-51-39)31-21-17-27(18-22-31)28-19-23-32(24-20-28)38-48-40(52-50-38)34-16-10-26-54(34)42(56)36(46-44(58)60-2)30-13-7-4-8-14-30/h3-8,11-14,17-24,33-36H,9-10,15-16,25-26H2,1-2H3,(H,45,57)(H,46,58)(H,47,49,51)(H,48,50,52)/t33-,34-,35+,36?/m0/s1. The van der Waals surface area contributed by atoms with Gasteiger partial charge in [0.05, 0.1) is 26.3 Å². The van der Waals surface area contributed by atoms with E-state index < -0.39 is 24.3 Å². The van der Waals surface area contributed by atoms with Crippen LogP contribution in [0.2, 0.25) is 0 Å². The predicted molar refractivity (Wildman–Crippen MR) is 219 cm³/mol. The average molecular weight is 809 g/mol. The van der Waals surface area contributed by atoms with Crippen LogP contribution in [-0.4, -0.2) is 91.5 Å². The van der Waals surface area contributed by atoms with Crippen molar-refractivity contribution in [1.82, 2.24) is 50.8 Å². The van der Waals surface area contributed by atoms with Crippen LogP contribution in [0.5, 0.6) is 0 Å². The zero-order valence-corrected chi connectivity index (χ0v) is 33.1. The Morgan fingerprint density at radius 3 is 1.28 bits per heavy atom. The molecule has 4 amide bonds. The predicted octanol–water partition coefficient (Wildman–Crippen LogP) is 6.45. The number of benzene rings is 4. The fourth-order valence-electron chi connectivity index (χ4n) is 7.93. The summed E-state index contributed by atoms with van der Waals surface area (Å²) in [5, 5.41) is 23.1. The summed E-state index contributed by atoms with van der Waals surface area (Å²) in [5.41, 5.74) is 4.98. The van der Waals surface area contributed by atoms with E-state index in [4.69, 9.17) is 9.47 Å². The SMILES string of the molecule is COC(=O)NC(C(=O)N1CCC[C@H]1c1nnc(-c2ccc(-c3ccc(-c4nnc([C@@H]5CCCN5C(=O)[C@H](NC(=O)OC)c5ccccc5)[nH]4)cc3)cc2)[nH]1)c1ccccc1. The summed E-state index contributed by atoms with van der Waals surface area (Å²) < 4.78 is 9.63. The Kier molecular flexibility index (Phi) is 11.6. The molecule has 4 atom stereocenters. The van der Waals surface area contributed by atoms with E-state index >= 15 is 0 Å². The Hall–Kier alpha value is -7.36. The third-order valence-corrected chi connectivity index (χ3v) is 11.0. The number of H-pyrrole nitrogens is 2. The molecule has 2 fully saturated rings. The first-order valence-electron chi connectivity index (χ1n) is 19.8. The molecule has 16 heteroatoms. The molecule has 0 saturated carbocycles. The van der Waals surface area contributed by atoms with Crippen molar-refractivity contribution in [1.29, 1.82) is 0 Å². The van der Waals surface area contributed by atoms with Gasteiger partial charge >= 0.3 is 12.2 Å². The lowest BCUT2D eigenvalue weighted by molar-refractivity contribution is -0.135. The maximum atomic E-state index is 13.9. The molecule has 2 aliphatic heterocycles. The number of aromatic amines is 2. The second-order valence-electron chi connectivity index (χ2n) is 14.6. The van der Waals surface area contributed by atoms with Crippen molar-refractivity contribution in [3.05, 3.63) is 132 Å². The highest BCUT2D eigenvalue weighted by Crippen LogP contribution is 2.36. The molecule has 0 aliphatic carbocycles. The Morgan fingerprint density at radius 2 is 0.917 bits per heavy atom. The third kappa shape index (κ3) is 8.30. The van der Waals surface area contributed by atoms with E-state index in [2.05, 4.69) is 41.0 Å². The first-order chi connectivity index (χ1) is 29.3. The number of carbonyl (C=O) groups excluding carboxylic acids is 4. The second-order valence-corrected chi connectivity index (χ2v) is 14.6. The number of nitrogens with zero attached hydrogens (tertiary/aromatic N) is 6. The largest absolute Gasteiger partial charge is 0.453 e. The monoisotopic (exact) mass is 808 g/mol. The number of alkyl carbamates (subject to hydrolysis) is 2. The van der Waals surface area contributed by atoms with Crippen molar-refractivity contribution >= 4 is 24.0 Å². The average Bonchev–Trinajstić information content (AvgIpc) is 4.15. The number of amides is 4. The Labute approximate surface area is 345 Å². The molecule has 306 valence electrons. The van der Waals surface area contributed by atoms with Crippen LogP contribution in [0.4, 0.5) is 9.59 Å². The molecule has 4 N–H and O–H groups in total. The van der Waals surface area contributed by atoms with Crippen molar-refractivity contribution < 1.29 is 28.7 Å². The summed E-state index contributed by atoms with van der Waals surface area (Å²) in [4.78, 5) is 62.3. The van der Waals surface area contributed by atoms with Gasteiger partial charge in [-0.15, -0.1) is 20.4 Å². The fraction of sp³-hybridized carbons (Fsp3) is 0.273. The Balaban J connectivity index is 0.928. The molecule has 4 heterocycles. The van der Waals surface area contributed by atoms with Gasteiger partial charge in [0.2, 0.25) is 0 Å². The van der Waals surface area contributed by atoms with Gasteiger partial charge in [0, 0.05) is 24.2 Å². The van der Waals surface area contributed by atoms with E-state index in [0.29, 0.717) is 60.4 Å². The van der Waals surface area contributed by atoms with Crippen LogP contribution in [0.1, 0.15) is 72.6 Å². The van der Waals surface area contributed by atoms with E-state index in [1.54, 1.807) is 34.1 Å². The van der Waals surface area contributed by atoms with E-state index in [1.165, 1.54) is 14.2 Å². The minimum absolute atomic E-state index is 0.248. The van der Waals surface area contributed by atoms with Crippen LogP contribution in [0.25, 0.3) is 33.9 Å². The van der Waals surface area contributed by atoms with Gasteiger partial charge < -0.3 is 39.9 Å². The number of rotatable bonds is 11. The van der Waals surface area contributed by atoms with Gasteiger partial charge in [-0.25, -0.2) is 9.59 Å². The van der Waals surface area contributed by atoms with Gasteiger partial charge in [0.25, 0.3) is 11.8 Å². The van der Waals surface area contributed by atoms with Gasteiger partial charge in [-0.2, -0.15) is 0 Å². The molecule has 0 radical (unpaired) electrons. The minimum Gasteiger partial charge on any atom is -0.453 e. The zero-order valence-electron chi connectivity index (χ0n) is 33.1. The van der Waals surface area contributed by atoms with E-state index in [1.807, 2.05) is 84.9 Å². The quantitative estimate of drug-likeness (QED) is 0.113. The number of likely N-dealkylation sites (tertiary alicyclic amines) is 2. The fourth-order valence-corrected chi connectivity index (χ4v) is 7.93. The Morgan fingerprint density at radius 1 is 0.550 bits per heavy atom. The van der Waals surface area contributed by atoms with Gasteiger partial charge in [0.1, 0.15) is 12.1 Å². The van der Waals surface area contributed by atoms with E-state index in [-0.39, 0.29) is 23.9 Å². The van der Waals surface area contributed by atoms with Gasteiger partial charge in [-0.05, 0) is 47.9 Å². The second kappa shape index (κ2) is 17.6. The van der Waals surface area contributed by atoms with E-state index in [0.717, 1.165) is 35.1 Å². The zero-order chi connectivity index (χ0) is 41.6. The summed E-state index contributed by atoms with van der Waals surface area (Å²) in [6, 6.07) is 31.6. The summed E-state index contributed by atoms with van der Waals surface area (Å²) in [6.45, 7) is 1.04. The molecule has 6 aromatic rings. The molecule has 2 aliphatic rings. The summed E-state index contributed by atoms with van der Waals surface area (Å²) in [6.07, 6.45) is 1.59. The molecule has 1 unspecified atom stereocenters. The highest BCUT2D eigenvalue weighted by atomic mass is 16.5. The normalized spacial score (nSPS) is 17.2. The minimum atomic E-state index is -0.908. The van der Waals surface area contributed by atoms with Crippen LogP contribution >= 0.6 is 0 Å². The van der Waals surface area contributed by atoms with Crippen LogP contribution in [-0.2, 0) is 19.1 Å². The Bertz CT molecular complexity index is 2270. The van der Waals surface area contributed by atoms with Crippen molar-refractivity contribution in [2.75, 3.05) is 27.3 Å². The number of hydrogen-bond donors (Lipinski definition) is 4. The van der Waals surface area contributed by atoms with Gasteiger partial charge in [-0.1, -0.05) is 109 Å². The highest BCUT2D eigenvalue weighted by molar-refractivity contribution is 5.88. The molecule has 0 spiro atoms. The molecule has 16 nitrogen and oxygen atoms in total. The van der Waals surface area contributed by atoms with E-state index in [9.17, 15) is 19.2 Å². The van der Waals surface area contributed by atoms with Crippen molar-refractivity contribution in [3.8, 4) is 33.9 Å². The third-order valence-electron chi connectivity index (χ3n) is 11.0. The maximum absolute atomic E-state index is 13.9. The maximum Gasteiger partial charge on any atom is 0.407 e. The summed E-state index contributed by atoms with van der Waals surface area (Å²) >= 11 is 0. The number of carbonyl (C=O) groups is 4. The topological polar surface area (TPSA) is 200 Å². The molecule has 60 heavy (non-hydrogen) atoms. The molecular weight excluding hydrogens is 765 g/mol.